The van der Waals surface area contributed by atoms with E-state index in [1.165, 1.54) is 11.8 Å². The Kier molecular flexibility index (Phi) is 4.29. The second-order valence-corrected chi connectivity index (χ2v) is 5.57. The largest absolute Gasteiger partial charge is 0.404 e. The Hall–Kier alpha value is -1.21. The Morgan fingerprint density at radius 1 is 1.45 bits per heavy atom. The number of rotatable bonds is 3. The molecule has 7 heteroatoms. The molecule has 110 valence electrons. The van der Waals surface area contributed by atoms with Crippen LogP contribution in [0.25, 0.3) is 0 Å². The molecular formula is C13H15F3N2OS. The fraction of sp³-hybridized carbons (Fsp3) is 0.462. The van der Waals surface area contributed by atoms with Crippen molar-refractivity contribution in [2.75, 3.05) is 24.7 Å². The van der Waals surface area contributed by atoms with E-state index >= 15 is 0 Å². The number of thioether (sulfide) groups is 1. The van der Waals surface area contributed by atoms with Crippen LogP contribution in [0.15, 0.2) is 29.2 Å². The first kappa shape index (κ1) is 15.2. The standard InChI is InChI=1S/C13H15F3N2OS/c1-20-10-4-2-3-9(7-10)18-11(19)12(13(14,15)16)5-6-17-8-12/h2-4,7,17H,5-6,8H2,1H3,(H,18,19). The van der Waals surface area contributed by atoms with E-state index in [0.29, 0.717) is 5.69 Å². The molecule has 20 heavy (non-hydrogen) atoms. The zero-order valence-electron chi connectivity index (χ0n) is 10.9. The van der Waals surface area contributed by atoms with Crippen LogP contribution in [-0.4, -0.2) is 31.4 Å². The minimum Gasteiger partial charge on any atom is -0.325 e. The summed E-state index contributed by atoms with van der Waals surface area (Å²) in [6.07, 6.45) is -2.93. The molecule has 1 atom stereocenters. The van der Waals surface area contributed by atoms with Crippen molar-refractivity contribution in [2.45, 2.75) is 17.5 Å². The van der Waals surface area contributed by atoms with Gasteiger partial charge in [-0.15, -0.1) is 11.8 Å². The lowest BCUT2D eigenvalue weighted by Gasteiger charge is -2.29. The first-order valence-electron chi connectivity index (χ1n) is 6.12. The molecule has 0 radical (unpaired) electrons. The summed E-state index contributed by atoms with van der Waals surface area (Å²) in [5.74, 6) is -0.992. The summed E-state index contributed by atoms with van der Waals surface area (Å²) in [5.41, 5.74) is -1.94. The van der Waals surface area contributed by atoms with Crippen molar-refractivity contribution in [3.05, 3.63) is 24.3 Å². The highest BCUT2D eigenvalue weighted by molar-refractivity contribution is 7.98. The predicted octanol–water partition coefficient (Wildman–Crippen LogP) is 2.89. The van der Waals surface area contributed by atoms with E-state index in [0.717, 1.165) is 4.90 Å². The summed E-state index contributed by atoms with van der Waals surface area (Å²) in [6.45, 7) is -0.178. The molecule has 1 amide bonds. The second-order valence-electron chi connectivity index (χ2n) is 4.69. The smallest absolute Gasteiger partial charge is 0.325 e. The Balaban J connectivity index is 2.21. The highest BCUT2D eigenvalue weighted by Crippen LogP contribution is 2.43. The molecule has 1 aromatic carbocycles. The van der Waals surface area contributed by atoms with Gasteiger partial charge in [-0.3, -0.25) is 4.79 Å². The first-order chi connectivity index (χ1) is 9.39. The number of hydrogen-bond donors (Lipinski definition) is 2. The number of halogens is 3. The molecule has 0 spiro atoms. The van der Waals surface area contributed by atoms with Gasteiger partial charge in [0, 0.05) is 17.1 Å². The molecule has 0 saturated carbocycles. The molecule has 0 aliphatic carbocycles. The summed E-state index contributed by atoms with van der Waals surface area (Å²) >= 11 is 1.46. The van der Waals surface area contributed by atoms with E-state index in [9.17, 15) is 18.0 Å². The summed E-state index contributed by atoms with van der Waals surface area (Å²) in [6, 6.07) is 6.78. The molecule has 1 unspecified atom stereocenters. The molecule has 1 aromatic rings. The Morgan fingerprint density at radius 3 is 2.75 bits per heavy atom. The van der Waals surface area contributed by atoms with Gasteiger partial charge in [0.1, 0.15) is 0 Å². The Bertz CT molecular complexity index is 499. The number of benzene rings is 1. The molecule has 1 fully saturated rings. The van der Waals surface area contributed by atoms with Gasteiger partial charge in [-0.05, 0) is 37.4 Å². The third-order valence-electron chi connectivity index (χ3n) is 3.46. The average Bonchev–Trinajstić information content (AvgIpc) is 2.89. The van der Waals surface area contributed by atoms with Crippen LogP contribution in [0, 0.1) is 5.41 Å². The molecule has 2 N–H and O–H groups in total. The van der Waals surface area contributed by atoms with E-state index in [1.807, 2.05) is 12.3 Å². The van der Waals surface area contributed by atoms with Crippen LogP contribution in [0.5, 0.6) is 0 Å². The van der Waals surface area contributed by atoms with Crippen LogP contribution < -0.4 is 10.6 Å². The number of alkyl halides is 3. The van der Waals surface area contributed by atoms with Gasteiger partial charge < -0.3 is 10.6 Å². The quantitative estimate of drug-likeness (QED) is 0.844. The summed E-state index contributed by atoms with van der Waals surface area (Å²) in [4.78, 5) is 13.0. The van der Waals surface area contributed by atoms with Gasteiger partial charge in [-0.1, -0.05) is 6.07 Å². The van der Waals surface area contributed by atoms with E-state index in [2.05, 4.69) is 10.6 Å². The van der Waals surface area contributed by atoms with E-state index in [4.69, 9.17) is 0 Å². The van der Waals surface area contributed by atoms with E-state index in [1.54, 1.807) is 18.2 Å². The van der Waals surface area contributed by atoms with Crippen LogP contribution in [0.2, 0.25) is 0 Å². The fourth-order valence-electron chi connectivity index (χ4n) is 2.21. The van der Waals surface area contributed by atoms with Crippen LogP contribution in [0.1, 0.15) is 6.42 Å². The number of amides is 1. The summed E-state index contributed by atoms with van der Waals surface area (Å²) in [5, 5.41) is 5.02. The average molecular weight is 304 g/mol. The van der Waals surface area contributed by atoms with Gasteiger partial charge in [-0.2, -0.15) is 13.2 Å². The summed E-state index contributed by atoms with van der Waals surface area (Å²) < 4.78 is 39.6. The van der Waals surface area contributed by atoms with Crippen molar-refractivity contribution in [3.63, 3.8) is 0 Å². The molecule has 1 saturated heterocycles. The molecule has 1 aliphatic heterocycles. The lowest BCUT2D eigenvalue weighted by molar-refractivity contribution is -0.213. The van der Waals surface area contributed by atoms with Gasteiger partial charge in [-0.25, -0.2) is 0 Å². The second kappa shape index (κ2) is 5.65. The minimum absolute atomic E-state index is 0.192. The van der Waals surface area contributed by atoms with Gasteiger partial charge in [0.05, 0.1) is 0 Å². The van der Waals surface area contributed by atoms with Crippen molar-refractivity contribution >= 4 is 23.4 Å². The third-order valence-corrected chi connectivity index (χ3v) is 4.19. The van der Waals surface area contributed by atoms with Gasteiger partial charge >= 0.3 is 6.18 Å². The van der Waals surface area contributed by atoms with Crippen molar-refractivity contribution in [2.24, 2.45) is 5.41 Å². The number of anilines is 1. The van der Waals surface area contributed by atoms with Crippen LogP contribution in [0.4, 0.5) is 18.9 Å². The van der Waals surface area contributed by atoms with Crippen molar-refractivity contribution < 1.29 is 18.0 Å². The van der Waals surface area contributed by atoms with Gasteiger partial charge in [0.2, 0.25) is 5.91 Å². The minimum atomic E-state index is -4.56. The number of nitrogens with one attached hydrogen (secondary N) is 2. The number of carbonyl (C=O) groups is 1. The van der Waals surface area contributed by atoms with Gasteiger partial charge in [0.15, 0.2) is 5.41 Å². The zero-order valence-corrected chi connectivity index (χ0v) is 11.7. The molecule has 1 heterocycles. The highest BCUT2D eigenvalue weighted by Gasteiger charge is 2.61. The van der Waals surface area contributed by atoms with Gasteiger partial charge in [0.25, 0.3) is 0 Å². The van der Waals surface area contributed by atoms with Crippen LogP contribution in [0.3, 0.4) is 0 Å². The zero-order chi connectivity index (χ0) is 14.8. The van der Waals surface area contributed by atoms with Crippen molar-refractivity contribution in [1.82, 2.24) is 5.32 Å². The van der Waals surface area contributed by atoms with Crippen molar-refractivity contribution in [3.8, 4) is 0 Å². The van der Waals surface area contributed by atoms with Crippen LogP contribution in [-0.2, 0) is 4.79 Å². The molecule has 0 aromatic heterocycles. The van der Waals surface area contributed by atoms with E-state index < -0.39 is 17.5 Å². The maximum atomic E-state index is 13.2. The topological polar surface area (TPSA) is 41.1 Å². The summed E-state index contributed by atoms with van der Waals surface area (Å²) in [7, 11) is 0. The highest BCUT2D eigenvalue weighted by atomic mass is 32.2. The fourth-order valence-corrected chi connectivity index (χ4v) is 2.67. The van der Waals surface area contributed by atoms with Crippen LogP contribution >= 0.6 is 11.8 Å². The molecule has 0 bridgehead atoms. The number of carbonyl (C=O) groups excluding carboxylic acids is 1. The van der Waals surface area contributed by atoms with E-state index in [-0.39, 0.29) is 19.5 Å². The lowest BCUT2D eigenvalue weighted by atomic mass is 9.85. The Morgan fingerprint density at radius 2 is 2.20 bits per heavy atom. The monoisotopic (exact) mass is 304 g/mol. The number of hydrogen-bond acceptors (Lipinski definition) is 3. The molecule has 1 aliphatic rings. The Labute approximate surface area is 119 Å². The third kappa shape index (κ3) is 2.78. The lowest BCUT2D eigenvalue weighted by Crippen LogP contribution is -2.49. The molecule has 2 rings (SSSR count). The maximum absolute atomic E-state index is 13.2. The SMILES string of the molecule is CSc1cccc(NC(=O)C2(C(F)(F)F)CCNC2)c1. The molecule has 3 nitrogen and oxygen atoms in total. The predicted molar refractivity (Wildman–Crippen MR) is 72.8 cm³/mol. The normalized spacial score (nSPS) is 22.8. The first-order valence-corrected chi connectivity index (χ1v) is 7.34. The van der Waals surface area contributed by atoms with Crippen molar-refractivity contribution in [1.29, 1.82) is 0 Å². The molecular weight excluding hydrogens is 289 g/mol. The maximum Gasteiger partial charge on any atom is 0.404 e.